The molecule has 3 saturated carbocycles. The molecule has 7 atom stereocenters. The molecule has 5 aliphatic rings. The van der Waals surface area contributed by atoms with Crippen molar-refractivity contribution >= 4 is 11.8 Å². The van der Waals surface area contributed by atoms with Crippen molar-refractivity contribution in [3.8, 4) is 11.1 Å². The summed E-state index contributed by atoms with van der Waals surface area (Å²) in [6.45, 7) is 14.6. The molecule has 2 amide bonds. The number of aliphatic hydroxyl groups is 2. The molecule has 2 aromatic rings. The highest BCUT2D eigenvalue weighted by Crippen LogP contribution is 2.60. The Morgan fingerprint density at radius 2 is 1.79 bits per heavy atom. The number of amides is 2. The van der Waals surface area contributed by atoms with Gasteiger partial charge in [0, 0.05) is 18.0 Å². The van der Waals surface area contributed by atoms with Crippen LogP contribution in [0.3, 0.4) is 0 Å². The van der Waals surface area contributed by atoms with Gasteiger partial charge in [-0.25, -0.2) is 0 Å². The predicted molar refractivity (Wildman–Crippen MR) is 187 cm³/mol. The summed E-state index contributed by atoms with van der Waals surface area (Å²) < 4.78 is 0. The zero-order valence-electron chi connectivity index (χ0n) is 28.9. The summed E-state index contributed by atoms with van der Waals surface area (Å²) in [6.07, 6.45) is 5.21. The van der Waals surface area contributed by atoms with E-state index in [4.69, 9.17) is 4.84 Å². The van der Waals surface area contributed by atoms with E-state index < -0.39 is 24.2 Å². The van der Waals surface area contributed by atoms with Crippen molar-refractivity contribution in [2.45, 2.75) is 90.1 Å². The van der Waals surface area contributed by atoms with Gasteiger partial charge in [-0.1, -0.05) is 62.8 Å². The van der Waals surface area contributed by atoms with Crippen LogP contribution in [-0.4, -0.2) is 89.1 Å². The van der Waals surface area contributed by atoms with Gasteiger partial charge >= 0.3 is 0 Å². The van der Waals surface area contributed by atoms with E-state index in [9.17, 15) is 19.8 Å². The first-order valence-corrected chi connectivity index (χ1v) is 18.0. The van der Waals surface area contributed by atoms with E-state index >= 15 is 0 Å². The van der Waals surface area contributed by atoms with E-state index in [1.165, 1.54) is 19.3 Å². The van der Waals surface area contributed by atoms with Crippen LogP contribution < -0.4 is 10.6 Å². The molecule has 0 radical (unpaired) electrons. The number of hydrogen-bond donors (Lipinski definition) is 4. The minimum atomic E-state index is -0.866. The Labute approximate surface area is 285 Å². The van der Waals surface area contributed by atoms with E-state index in [0.717, 1.165) is 61.2 Å². The van der Waals surface area contributed by atoms with E-state index in [0.29, 0.717) is 23.9 Å². The number of piperidine rings is 1. The summed E-state index contributed by atoms with van der Waals surface area (Å²) in [5.74, 6) is 0.0476. The van der Waals surface area contributed by atoms with Gasteiger partial charge in [0.1, 0.15) is 12.1 Å². The standard InChI is InChI=1S/C39H54N4O5/c1-25-32-21-31(39(32,3)4)22-33(25)41-38(47)36-35(26(2)45)34(24-44)48-43(36)23-27-11-8-12-28(19-27)29-13-9-14-30(20-29)37(46)40-15-10-18-42-16-6-5-7-17-42/h8-9,11-14,19-20,26,31-36,44-45H,1,5-7,10,15-18,21-24H2,2-4H3,(H,40,46)(H,41,47)/t26-,31+,32-,33-,34-,35+,36-/m0/s1. The molecule has 260 valence electrons. The maximum atomic E-state index is 14.0. The van der Waals surface area contributed by atoms with Crippen molar-refractivity contribution in [1.29, 1.82) is 0 Å². The fourth-order valence-electron chi connectivity index (χ4n) is 8.67. The van der Waals surface area contributed by atoms with Gasteiger partial charge in [0.25, 0.3) is 5.91 Å². The Balaban J connectivity index is 1.12. The molecular weight excluding hydrogens is 604 g/mol. The number of hydroxylamine groups is 2. The molecule has 2 saturated heterocycles. The molecular formula is C39H54N4O5. The zero-order valence-corrected chi connectivity index (χ0v) is 28.9. The van der Waals surface area contributed by atoms with Crippen LogP contribution in [0, 0.1) is 23.2 Å². The monoisotopic (exact) mass is 658 g/mol. The van der Waals surface area contributed by atoms with Gasteiger partial charge in [-0.3, -0.25) is 14.4 Å². The largest absolute Gasteiger partial charge is 0.394 e. The molecule has 0 unspecified atom stereocenters. The molecule has 2 bridgehead atoms. The normalized spacial score (nSPS) is 29.2. The number of rotatable bonds is 12. The van der Waals surface area contributed by atoms with Crippen LogP contribution in [0.25, 0.3) is 11.1 Å². The highest BCUT2D eigenvalue weighted by atomic mass is 16.7. The van der Waals surface area contributed by atoms with Gasteiger partial charge in [-0.05, 0) is 111 Å². The van der Waals surface area contributed by atoms with Crippen LogP contribution in [0.2, 0.25) is 0 Å². The third-order valence-electron chi connectivity index (χ3n) is 11.7. The number of benzene rings is 2. The SMILES string of the molecule is C=C1[C@@H](NC(=O)[C@@H]2[C@H]([C@H](C)O)[C@H](CO)ON2Cc2cccc(-c3cccc(C(=O)NCCCN4CCCCC4)c3)c2)C[C@H]2C[C@@H]1C2(C)C. The molecule has 48 heavy (non-hydrogen) atoms. The fourth-order valence-corrected chi connectivity index (χ4v) is 8.67. The second kappa shape index (κ2) is 14.8. The number of hydrogen-bond acceptors (Lipinski definition) is 7. The van der Waals surface area contributed by atoms with Crippen molar-refractivity contribution in [1.82, 2.24) is 20.6 Å². The smallest absolute Gasteiger partial charge is 0.251 e. The first-order valence-electron chi connectivity index (χ1n) is 18.0. The average Bonchev–Trinajstić information content (AvgIpc) is 3.46. The summed E-state index contributed by atoms with van der Waals surface area (Å²) in [5, 5.41) is 28.9. The Hall–Kier alpha value is -3.08. The molecule has 4 N–H and O–H groups in total. The lowest BCUT2D eigenvalue weighted by Crippen LogP contribution is -2.59. The Morgan fingerprint density at radius 3 is 2.48 bits per heavy atom. The van der Waals surface area contributed by atoms with Gasteiger partial charge in [0.2, 0.25) is 5.91 Å². The van der Waals surface area contributed by atoms with Gasteiger partial charge < -0.3 is 25.7 Å². The van der Waals surface area contributed by atoms with Gasteiger partial charge in [-0.15, -0.1) is 0 Å². The molecule has 2 aromatic carbocycles. The number of carbonyl (C=O) groups is 2. The third-order valence-corrected chi connectivity index (χ3v) is 11.7. The van der Waals surface area contributed by atoms with Crippen molar-refractivity contribution in [2.24, 2.45) is 23.2 Å². The van der Waals surface area contributed by atoms with Crippen molar-refractivity contribution in [2.75, 3.05) is 32.8 Å². The quantitative estimate of drug-likeness (QED) is 0.196. The second-order valence-corrected chi connectivity index (χ2v) is 15.1. The van der Waals surface area contributed by atoms with Crippen molar-refractivity contribution in [3.63, 3.8) is 0 Å². The minimum absolute atomic E-state index is 0.0771. The van der Waals surface area contributed by atoms with Crippen molar-refractivity contribution in [3.05, 3.63) is 71.8 Å². The predicted octanol–water partition coefficient (Wildman–Crippen LogP) is 4.54. The van der Waals surface area contributed by atoms with Crippen LogP contribution >= 0.6 is 0 Å². The second-order valence-electron chi connectivity index (χ2n) is 15.1. The summed E-state index contributed by atoms with van der Waals surface area (Å²) in [7, 11) is 0. The minimum Gasteiger partial charge on any atom is -0.394 e. The highest BCUT2D eigenvalue weighted by Gasteiger charge is 2.56. The topological polar surface area (TPSA) is 114 Å². The van der Waals surface area contributed by atoms with Gasteiger partial charge in [0.15, 0.2) is 0 Å². The third kappa shape index (κ3) is 7.26. The van der Waals surface area contributed by atoms with Crippen LogP contribution in [-0.2, 0) is 16.2 Å². The number of fused-ring (bicyclic) bond motifs is 2. The lowest BCUT2D eigenvalue weighted by atomic mass is 9.46. The molecule has 5 fully saturated rings. The number of nitrogens with one attached hydrogen (secondary N) is 2. The van der Waals surface area contributed by atoms with Crippen molar-refractivity contribution < 1.29 is 24.6 Å². The van der Waals surface area contributed by atoms with Gasteiger partial charge in [0.05, 0.1) is 25.3 Å². The maximum Gasteiger partial charge on any atom is 0.251 e. The maximum absolute atomic E-state index is 14.0. The van der Waals surface area contributed by atoms with E-state index in [2.05, 4.69) is 36.0 Å². The van der Waals surface area contributed by atoms with Crippen LogP contribution in [0.4, 0.5) is 0 Å². The molecule has 9 heteroatoms. The Bertz CT molecular complexity index is 1470. The van der Waals surface area contributed by atoms with E-state index in [1.807, 2.05) is 48.5 Å². The van der Waals surface area contributed by atoms with Crippen LogP contribution in [0.15, 0.2) is 60.7 Å². The van der Waals surface area contributed by atoms with E-state index in [1.54, 1.807) is 12.0 Å². The van der Waals surface area contributed by atoms with Crippen LogP contribution in [0.1, 0.15) is 75.2 Å². The molecule has 2 heterocycles. The first kappa shape index (κ1) is 34.8. The Morgan fingerprint density at radius 1 is 1.06 bits per heavy atom. The van der Waals surface area contributed by atoms with E-state index in [-0.39, 0.29) is 36.4 Å². The number of aliphatic hydroxyl groups excluding tert-OH is 2. The van der Waals surface area contributed by atoms with Crippen LogP contribution in [0.5, 0.6) is 0 Å². The highest BCUT2D eigenvalue weighted by molar-refractivity contribution is 5.95. The first-order chi connectivity index (χ1) is 23.1. The molecule has 3 aliphatic carbocycles. The molecule has 0 spiro atoms. The Kier molecular flexibility index (Phi) is 10.7. The lowest BCUT2D eigenvalue weighted by molar-refractivity contribution is -0.182. The summed E-state index contributed by atoms with van der Waals surface area (Å²) in [4.78, 5) is 35.6. The molecule has 2 aliphatic heterocycles. The number of nitrogens with zero attached hydrogens (tertiary/aromatic N) is 2. The summed E-state index contributed by atoms with van der Waals surface area (Å²) in [5.41, 5.74) is 4.68. The van der Waals surface area contributed by atoms with Gasteiger partial charge in [-0.2, -0.15) is 5.06 Å². The zero-order chi connectivity index (χ0) is 34.0. The fraction of sp³-hybridized carbons (Fsp3) is 0.590. The molecule has 7 rings (SSSR count). The number of likely N-dealkylation sites (tertiary alicyclic amines) is 1. The lowest BCUT2D eigenvalue weighted by Gasteiger charge is -2.60. The summed E-state index contributed by atoms with van der Waals surface area (Å²) >= 11 is 0. The molecule has 9 nitrogen and oxygen atoms in total. The number of carbonyl (C=O) groups excluding carboxylic acids is 2. The molecule has 0 aromatic heterocycles. The average molecular weight is 659 g/mol. The summed E-state index contributed by atoms with van der Waals surface area (Å²) in [6, 6.07) is 14.7.